The fraction of sp³-hybridized carbons (Fsp3) is 0.188. The molecule has 2 aromatic heterocycles. The number of hydrogen-bond acceptors (Lipinski definition) is 4. The van der Waals surface area contributed by atoms with Gasteiger partial charge in [-0.2, -0.15) is 4.98 Å². The normalized spacial score (nSPS) is 10.9. The number of rotatable bonds is 3. The van der Waals surface area contributed by atoms with Gasteiger partial charge in [0, 0.05) is 16.8 Å². The molecule has 0 aliphatic carbocycles. The Balaban J connectivity index is 2.05. The van der Waals surface area contributed by atoms with Crippen molar-refractivity contribution in [2.75, 3.05) is 0 Å². The fourth-order valence-corrected chi connectivity index (χ4v) is 2.56. The molecule has 22 heavy (non-hydrogen) atoms. The van der Waals surface area contributed by atoms with Gasteiger partial charge in [-0.3, -0.25) is 4.79 Å². The van der Waals surface area contributed by atoms with Crippen LogP contribution in [0.15, 0.2) is 28.8 Å². The van der Waals surface area contributed by atoms with Gasteiger partial charge in [-0.15, -0.1) is 0 Å². The second kappa shape index (κ2) is 5.22. The van der Waals surface area contributed by atoms with Gasteiger partial charge in [0.2, 0.25) is 5.82 Å². The monoisotopic (exact) mass is 299 g/mol. The Morgan fingerprint density at radius 3 is 2.73 bits per heavy atom. The molecule has 112 valence electrons. The first-order chi connectivity index (χ1) is 10.5. The lowest BCUT2D eigenvalue weighted by atomic mass is 10.1. The summed E-state index contributed by atoms with van der Waals surface area (Å²) < 4.78 is 18.5. The first-order valence-corrected chi connectivity index (χ1v) is 6.77. The van der Waals surface area contributed by atoms with E-state index in [0.29, 0.717) is 22.6 Å². The zero-order valence-electron chi connectivity index (χ0n) is 12.4. The van der Waals surface area contributed by atoms with E-state index in [-0.39, 0.29) is 17.5 Å². The van der Waals surface area contributed by atoms with Gasteiger partial charge in [0.05, 0.1) is 0 Å². The first-order valence-electron chi connectivity index (χ1n) is 6.77. The van der Waals surface area contributed by atoms with Crippen LogP contribution in [0.25, 0.3) is 23.0 Å². The van der Waals surface area contributed by atoms with Gasteiger partial charge in [0.1, 0.15) is 11.5 Å². The van der Waals surface area contributed by atoms with Crippen molar-refractivity contribution in [2.45, 2.75) is 20.8 Å². The first kappa shape index (κ1) is 14.2. The number of aromatic nitrogens is 3. The number of aromatic amines is 1. The summed E-state index contributed by atoms with van der Waals surface area (Å²) in [6.45, 7) is 5.15. The van der Waals surface area contributed by atoms with E-state index in [1.807, 2.05) is 13.8 Å². The topological polar surface area (TPSA) is 71.8 Å². The molecule has 0 atom stereocenters. The van der Waals surface area contributed by atoms with Crippen molar-refractivity contribution in [2.24, 2.45) is 0 Å². The molecule has 0 saturated carbocycles. The molecule has 1 N–H and O–H groups in total. The molecule has 0 amide bonds. The summed E-state index contributed by atoms with van der Waals surface area (Å²) in [7, 11) is 0. The number of ketones is 1. The SMILES string of the molecule is CC(=O)c1c(C)[nH]c(-c2nc(-c3cccc(F)c3)no2)c1C. The number of Topliss-reactive ketones (excluding diaryl/α,β-unsaturated/α-hetero) is 1. The summed E-state index contributed by atoms with van der Waals surface area (Å²) in [5.74, 6) is 0.176. The van der Waals surface area contributed by atoms with Crippen LogP contribution in [0.5, 0.6) is 0 Å². The Kier molecular flexibility index (Phi) is 3.36. The lowest BCUT2D eigenvalue weighted by molar-refractivity contribution is 0.101. The number of hydrogen-bond donors (Lipinski definition) is 1. The van der Waals surface area contributed by atoms with Gasteiger partial charge in [-0.25, -0.2) is 4.39 Å². The summed E-state index contributed by atoms with van der Waals surface area (Å²) in [5.41, 5.74) is 3.28. The highest BCUT2D eigenvalue weighted by molar-refractivity contribution is 5.98. The molecule has 2 heterocycles. The summed E-state index contributed by atoms with van der Waals surface area (Å²) in [6.07, 6.45) is 0. The van der Waals surface area contributed by atoms with E-state index >= 15 is 0 Å². The summed E-state index contributed by atoms with van der Waals surface area (Å²) in [6, 6.07) is 5.97. The van der Waals surface area contributed by atoms with Crippen LogP contribution in [-0.2, 0) is 0 Å². The Morgan fingerprint density at radius 2 is 2.09 bits per heavy atom. The predicted octanol–water partition coefficient (Wildman–Crippen LogP) is 3.69. The predicted molar refractivity (Wildman–Crippen MR) is 79.0 cm³/mol. The summed E-state index contributed by atoms with van der Waals surface area (Å²) in [5, 5.41) is 3.87. The largest absolute Gasteiger partial charge is 0.354 e. The number of halogens is 1. The molecular formula is C16H14FN3O2. The highest BCUT2D eigenvalue weighted by Crippen LogP contribution is 2.28. The van der Waals surface area contributed by atoms with Crippen LogP contribution in [0.2, 0.25) is 0 Å². The fourth-order valence-electron chi connectivity index (χ4n) is 2.56. The minimum absolute atomic E-state index is 0.0256. The summed E-state index contributed by atoms with van der Waals surface area (Å²) in [4.78, 5) is 19.0. The third kappa shape index (κ3) is 2.32. The molecule has 5 nitrogen and oxygen atoms in total. The zero-order chi connectivity index (χ0) is 15.9. The van der Waals surface area contributed by atoms with E-state index in [1.54, 1.807) is 12.1 Å². The molecule has 0 spiro atoms. The number of benzene rings is 1. The molecule has 6 heteroatoms. The Bertz CT molecular complexity index is 864. The maximum absolute atomic E-state index is 13.3. The second-order valence-corrected chi connectivity index (χ2v) is 5.11. The molecule has 0 fully saturated rings. The van der Waals surface area contributed by atoms with Crippen LogP contribution in [-0.4, -0.2) is 20.9 Å². The Morgan fingerprint density at radius 1 is 1.32 bits per heavy atom. The maximum atomic E-state index is 13.3. The average Bonchev–Trinajstić information content (AvgIpc) is 3.03. The number of nitrogens with one attached hydrogen (secondary N) is 1. The van der Waals surface area contributed by atoms with Crippen LogP contribution in [0.1, 0.15) is 28.5 Å². The van der Waals surface area contributed by atoms with Crippen LogP contribution in [0.3, 0.4) is 0 Å². The highest BCUT2D eigenvalue weighted by atomic mass is 19.1. The maximum Gasteiger partial charge on any atom is 0.274 e. The van der Waals surface area contributed by atoms with Crippen molar-refractivity contribution >= 4 is 5.78 Å². The van der Waals surface area contributed by atoms with E-state index in [0.717, 1.165) is 11.3 Å². The standard InChI is InChI=1S/C16H14FN3O2/c1-8-13(10(3)21)9(2)18-14(8)16-19-15(20-22-16)11-5-4-6-12(17)7-11/h4-7,18H,1-3H3. The molecule has 0 bridgehead atoms. The quantitative estimate of drug-likeness (QED) is 0.749. The van der Waals surface area contributed by atoms with Gasteiger partial charge in [-0.1, -0.05) is 17.3 Å². The highest BCUT2D eigenvalue weighted by Gasteiger charge is 2.20. The lowest BCUT2D eigenvalue weighted by Gasteiger charge is -1.95. The van der Waals surface area contributed by atoms with Crippen molar-refractivity contribution in [1.82, 2.24) is 15.1 Å². The number of carbonyl (C=O) groups excluding carboxylic acids is 1. The van der Waals surface area contributed by atoms with E-state index in [1.165, 1.54) is 19.1 Å². The third-order valence-corrected chi connectivity index (χ3v) is 3.51. The minimum Gasteiger partial charge on any atom is -0.354 e. The van der Waals surface area contributed by atoms with Gasteiger partial charge < -0.3 is 9.51 Å². The molecule has 0 aliphatic rings. The van der Waals surface area contributed by atoms with Gasteiger partial charge in [0.15, 0.2) is 5.78 Å². The van der Waals surface area contributed by atoms with Crippen molar-refractivity contribution in [3.05, 3.63) is 46.9 Å². The summed E-state index contributed by atoms with van der Waals surface area (Å²) >= 11 is 0. The van der Waals surface area contributed by atoms with Crippen LogP contribution >= 0.6 is 0 Å². The second-order valence-electron chi connectivity index (χ2n) is 5.11. The minimum atomic E-state index is -0.366. The van der Waals surface area contributed by atoms with E-state index in [4.69, 9.17) is 4.52 Å². The third-order valence-electron chi connectivity index (χ3n) is 3.51. The van der Waals surface area contributed by atoms with Crippen molar-refractivity contribution in [3.8, 4) is 23.0 Å². The molecular weight excluding hydrogens is 285 g/mol. The molecule has 1 aromatic carbocycles. The van der Waals surface area contributed by atoms with Crippen molar-refractivity contribution in [3.63, 3.8) is 0 Å². The number of nitrogens with zero attached hydrogens (tertiary/aromatic N) is 2. The van der Waals surface area contributed by atoms with Gasteiger partial charge in [0.25, 0.3) is 5.89 Å². The molecule has 0 radical (unpaired) electrons. The van der Waals surface area contributed by atoms with Crippen LogP contribution < -0.4 is 0 Å². The van der Waals surface area contributed by atoms with Crippen LogP contribution in [0.4, 0.5) is 4.39 Å². The smallest absolute Gasteiger partial charge is 0.274 e. The molecule has 3 rings (SSSR count). The average molecular weight is 299 g/mol. The zero-order valence-corrected chi connectivity index (χ0v) is 12.4. The van der Waals surface area contributed by atoms with Gasteiger partial charge in [-0.05, 0) is 38.5 Å². The van der Waals surface area contributed by atoms with E-state index in [9.17, 15) is 9.18 Å². The molecule has 0 unspecified atom stereocenters. The van der Waals surface area contributed by atoms with Gasteiger partial charge >= 0.3 is 0 Å². The van der Waals surface area contributed by atoms with E-state index in [2.05, 4.69) is 15.1 Å². The Labute approximate surface area is 126 Å². The number of aryl methyl sites for hydroxylation is 1. The Hall–Kier alpha value is -2.76. The van der Waals surface area contributed by atoms with Crippen LogP contribution in [0, 0.1) is 19.7 Å². The number of carbonyl (C=O) groups is 1. The van der Waals surface area contributed by atoms with Crippen molar-refractivity contribution in [1.29, 1.82) is 0 Å². The molecule has 3 aromatic rings. The van der Waals surface area contributed by atoms with Crippen molar-refractivity contribution < 1.29 is 13.7 Å². The molecule has 0 saturated heterocycles. The number of H-pyrrole nitrogens is 1. The molecule has 0 aliphatic heterocycles. The lowest BCUT2D eigenvalue weighted by Crippen LogP contribution is -1.94. The van der Waals surface area contributed by atoms with E-state index < -0.39 is 0 Å².